The van der Waals surface area contributed by atoms with Gasteiger partial charge in [0.05, 0.1) is 10.7 Å². The molecular weight excluding hydrogens is 428 g/mol. The third kappa shape index (κ3) is 3.64. The molecule has 0 amide bonds. The molecule has 13 heteroatoms. The molecule has 0 spiro atoms. The lowest BCUT2D eigenvalue weighted by molar-refractivity contribution is -0.144. The molecule has 148 valence electrons. The molecule has 0 saturated carbocycles. The molecule has 0 aliphatic carbocycles. The van der Waals surface area contributed by atoms with E-state index >= 15 is 0 Å². The average Bonchev–Trinajstić information content (AvgIpc) is 2.99. The molecule has 3 rings (SSSR count). The fraction of sp³-hybridized carbons (Fsp3) is 0.200. The van der Waals surface area contributed by atoms with Gasteiger partial charge in [-0.05, 0) is 13.0 Å². The largest absolute Gasteiger partial charge is 0.431 e. The van der Waals surface area contributed by atoms with Gasteiger partial charge in [0.15, 0.2) is 5.75 Å². The van der Waals surface area contributed by atoms with Crippen LogP contribution in [0.5, 0.6) is 10.9 Å². The number of alkyl halides is 3. The summed E-state index contributed by atoms with van der Waals surface area (Å²) in [5.41, 5.74) is -4.85. The van der Waals surface area contributed by atoms with E-state index < -0.39 is 34.6 Å². The Morgan fingerprint density at radius 3 is 2.43 bits per heavy atom. The van der Waals surface area contributed by atoms with Gasteiger partial charge in [-0.15, -0.1) is 5.10 Å². The normalized spacial score (nSPS) is 11.7. The number of rotatable bonds is 3. The summed E-state index contributed by atoms with van der Waals surface area (Å²) < 4.78 is 59.1. The fourth-order valence-corrected chi connectivity index (χ4v) is 3.04. The molecule has 0 aliphatic heterocycles. The number of hydrogen-bond donors (Lipinski definition) is 0. The van der Waals surface area contributed by atoms with Crippen molar-refractivity contribution >= 4 is 22.9 Å². The Hall–Kier alpha value is -2.73. The molecule has 0 radical (unpaired) electrons. The lowest BCUT2D eigenvalue weighted by Gasteiger charge is -2.15. The van der Waals surface area contributed by atoms with Crippen molar-refractivity contribution in [2.75, 3.05) is 0 Å². The average molecular weight is 437 g/mol. The van der Waals surface area contributed by atoms with Crippen LogP contribution in [0, 0.1) is 12.7 Å². The number of aromatic nitrogens is 4. The van der Waals surface area contributed by atoms with E-state index in [4.69, 9.17) is 16.3 Å². The fourth-order valence-electron chi connectivity index (χ4n) is 2.30. The molecule has 0 unspecified atom stereocenters. The van der Waals surface area contributed by atoms with Crippen LogP contribution in [-0.2, 0) is 13.2 Å². The minimum atomic E-state index is -4.94. The van der Waals surface area contributed by atoms with Crippen molar-refractivity contribution in [3.8, 4) is 16.6 Å². The number of aryl methyl sites for hydroxylation is 1. The summed E-state index contributed by atoms with van der Waals surface area (Å²) in [6.45, 7) is 1.66. The van der Waals surface area contributed by atoms with Crippen LogP contribution in [-0.4, -0.2) is 19.3 Å². The lowest BCUT2D eigenvalue weighted by Crippen LogP contribution is -2.41. The third-order valence-corrected chi connectivity index (χ3v) is 4.57. The van der Waals surface area contributed by atoms with Gasteiger partial charge in [-0.1, -0.05) is 28.0 Å². The van der Waals surface area contributed by atoms with E-state index in [0.29, 0.717) is 5.01 Å². The lowest BCUT2D eigenvalue weighted by atomic mass is 10.2. The Bertz CT molecular complexity index is 1190. The predicted molar refractivity (Wildman–Crippen MR) is 92.0 cm³/mol. The van der Waals surface area contributed by atoms with Gasteiger partial charge in [0.25, 0.3) is 10.8 Å². The van der Waals surface area contributed by atoms with E-state index in [9.17, 15) is 27.2 Å². The molecule has 7 nitrogen and oxygen atoms in total. The number of benzene rings is 1. The second-order valence-electron chi connectivity index (χ2n) is 5.47. The maximum Gasteiger partial charge on any atom is 0.431 e. The predicted octanol–water partition coefficient (Wildman–Crippen LogP) is 3.30. The molecule has 0 atom stereocenters. The topological polar surface area (TPSA) is 79.0 Å². The van der Waals surface area contributed by atoms with Crippen molar-refractivity contribution in [1.29, 1.82) is 0 Å². The van der Waals surface area contributed by atoms with Crippen LogP contribution in [0.25, 0.3) is 5.69 Å². The van der Waals surface area contributed by atoms with E-state index in [0.717, 1.165) is 30.5 Å². The Morgan fingerprint density at radius 1 is 1.18 bits per heavy atom. The van der Waals surface area contributed by atoms with Gasteiger partial charge in [0, 0.05) is 19.2 Å². The van der Waals surface area contributed by atoms with E-state index in [1.54, 1.807) is 6.92 Å². The number of halogens is 5. The molecule has 0 saturated heterocycles. The van der Waals surface area contributed by atoms with Crippen LogP contribution in [0.15, 0.2) is 27.8 Å². The van der Waals surface area contributed by atoms with E-state index in [-0.39, 0.29) is 31.2 Å². The quantitative estimate of drug-likeness (QED) is 0.589. The molecule has 0 aliphatic rings. The van der Waals surface area contributed by atoms with Crippen molar-refractivity contribution in [3.63, 3.8) is 0 Å². The summed E-state index contributed by atoms with van der Waals surface area (Å²) in [7, 11) is 0.816. The summed E-state index contributed by atoms with van der Waals surface area (Å²) in [4.78, 5) is 24.5. The molecule has 2 aromatic heterocycles. The molecule has 3 aromatic rings. The maximum atomic E-state index is 14.4. The molecule has 1 aromatic carbocycles. The monoisotopic (exact) mass is 436 g/mol. The smallest absolute Gasteiger partial charge is 0.428 e. The first-order valence-electron chi connectivity index (χ1n) is 7.36. The Kier molecular flexibility index (Phi) is 5.02. The van der Waals surface area contributed by atoms with Crippen LogP contribution >= 0.6 is 22.9 Å². The van der Waals surface area contributed by atoms with Gasteiger partial charge in [-0.25, -0.2) is 13.8 Å². The van der Waals surface area contributed by atoms with Crippen LogP contribution in [0.2, 0.25) is 5.02 Å². The van der Waals surface area contributed by atoms with Gasteiger partial charge in [-0.3, -0.25) is 9.36 Å². The summed E-state index contributed by atoms with van der Waals surface area (Å²) in [6, 6.07) is 1.89. The highest BCUT2D eigenvalue weighted by Crippen LogP contribution is 2.34. The van der Waals surface area contributed by atoms with E-state index in [1.165, 1.54) is 0 Å². The zero-order valence-electron chi connectivity index (χ0n) is 14.0. The summed E-state index contributed by atoms with van der Waals surface area (Å²) in [6.07, 6.45) is -4.94. The second kappa shape index (κ2) is 7.02. The van der Waals surface area contributed by atoms with E-state index in [1.807, 2.05) is 0 Å². The van der Waals surface area contributed by atoms with Crippen molar-refractivity contribution < 1.29 is 22.3 Å². The molecule has 0 bridgehead atoms. The minimum Gasteiger partial charge on any atom is -0.428 e. The van der Waals surface area contributed by atoms with Gasteiger partial charge in [-0.2, -0.15) is 13.2 Å². The Balaban J connectivity index is 2.19. The van der Waals surface area contributed by atoms with Crippen molar-refractivity contribution in [2.45, 2.75) is 13.1 Å². The van der Waals surface area contributed by atoms with Crippen molar-refractivity contribution in [2.24, 2.45) is 7.05 Å². The summed E-state index contributed by atoms with van der Waals surface area (Å²) >= 11 is 6.97. The second-order valence-corrected chi connectivity index (χ2v) is 7.02. The molecule has 0 N–H and O–H groups in total. The first-order chi connectivity index (χ1) is 13.0. The van der Waals surface area contributed by atoms with Gasteiger partial charge in [0.2, 0.25) is 0 Å². The SMILES string of the molecule is Cc1nnc(Oc2cc(-n3c(=O)cc(C(F)(F)F)n(C)c3=O)c(F)cc2Cl)s1. The first-order valence-corrected chi connectivity index (χ1v) is 8.56. The summed E-state index contributed by atoms with van der Waals surface area (Å²) in [5.74, 6) is -1.27. The number of nitrogens with zero attached hydrogens (tertiary/aromatic N) is 4. The van der Waals surface area contributed by atoms with Crippen molar-refractivity contribution in [3.05, 3.63) is 60.6 Å². The van der Waals surface area contributed by atoms with Gasteiger partial charge in [0.1, 0.15) is 16.5 Å². The molecular formula is C15H9ClF4N4O3S. The zero-order chi connectivity index (χ0) is 20.8. The Labute approximate surface area is 162 Å². The standard InChI is InChI=1S/C15H9ClF4N4O3S/c1-6-21-22-13(28-6)27-10-4-9(8(17)3-7(10)16)24-12(25)5-11(15(18,19)20)23(2)14(24)26/h3-5H,1-2H3. The maximum absolute atomic E-state index is 14.4. The molecule has 0 fully saturated rings. The molecule has 2 heterocycles. The van der Waals surface area contributed by atoms with Gasteiger partial charge < -0.3 is 4.74 Å². The van der Waals surface area contributed by atoms with Crippen LogP contribution in [0.4, 0.5) is 17.6 Å². The highest BCUT2D eigenvalue weighted by molar-refractivity contribution is 7.13. The molecule has 28 heavy (non-hydrogen) atoms. The minimum absolute atomic E-state index is 0.0598. The number of ether oxygens (including phenoxy) is 1. The van der Waals surface area contributed by atoms with Crippen LogP contribution < -0.4 is 16.0 Å². The van der Waals surface area contributed by atoms with Gasteiger partial charge >= 0.3 is 11.9 Å². The first kappa shape index (κ1) is 20.0. The summed E-state index contributed by atoms with van der Waals surface area (Å²) in [5, 5.41) is 7.85. The highest BCUT2D eigenvalue weighted by atomic mass is 35.5. The van der Waals surface area contributed by atoms with E-state index in [2.05, 4.69) is 10.2 Å². The zero-order valence-corrected chi connectivity index (χ0v) is 15.6. The highest BCUT2D eigenvalue weighted by Gasteiger charge is 2.35. The van der Waals surface area contributed by atoms with Crippen LogP contribution in [0.3, 0.4) is 0 Å². The number of hydrogen-bond acceptors (Lipinski definition) is 6. The Morgan fingerprint density at radius 2 is 1.86 bits per heavy atom. The van der Waals surface area contributed by atoms with Crippen LogP contribution in [0.1, 0.15) is 10.7 Å². The third-order valence-electron chi connectivity index (χ3n) is 3.56. The van der Waals surface area contributed by atoms with Crippen molar-refractivity contribution in [1.82, 2.24) is 19.3 Å².